The summed E-state index contributed by atoms with van der Waals surface area (Å²) < 4.78 is 5.47. The van der Waals surface area contributed by atoms with E-state index >= 15 is 0 Å². The van der Waals surface area contributed by atoms with E-state index in [1.807, 2.05) is 18.2 Å². The molecule has 1 aromatic carbocycles. The van der Waals surface area contributed by atoms with Crippen molar-refractivity contribution < 1.29 is 4.74 Å². The van der Waals surface area contributed by atoms with Crippen LogP contribution in [-0.2, 0) is 0 Å². The standard InChI is InChI=1S/C16H25ClN2O/c1-10-4-5-12(8-11(10)2)16(19-18)14-9-13(17)6-7-15(14)20-3/h6-7,9-12,16,19H,4-5,8,18H2,1-3H3. The van der Waals surface area contributed by atoms with Gasteiger partial charge in [0.2, 0.25) is 0 Å². The third-order valence-corrected chi connectivity index (χ3v) is 5.05. The molecule has 0 amide bonds. The van der Waals surface area contributed by atoms with Crippen LogP contribution >= 0.6 is 11.6 Å². The van der Waals surface area contributed by atoms with Crippen molar-refractivity contribution >= 4 is 11.6 Å². The van der Waals surface area contributed by atoms with Crippen LogP contribution in [0.15, 0.2) is 18.2 Å². The predicted octanol–water partition coefficient (Wildman–Crippen LogP) is 3.93. The Bertz CT molecular complexity index is 452. The molecule has 4 heteroatoms. The largest absolute Gasteiger partial charge is 0.496 e. The number of methoxy groups -OCH3 is 1. The summed E-state index contributed by atoms with van der Waals surface area (Å²) in [6, 6.07) is 5.83. The van der Waals surface area contributed by atoms with Crippen LogP contribution in [0.4, 0.5) is 0 Å². The topological polar surface area (TPSA) is 47.3 Å². The van der Waals surface area contributed by atoms with Gasteiger partial charge in [0, 0.05) is 10.6 Å². The summed E-state index contributed by atoms with van der Waals surface area (Å²) in [5.74, 6) is 8.75. The predicted molar refractivity (Wildman–Crippen MR) is 83.7 cm³/mol. The number of rotatable bonds is 4. The first-order valence-electron chi connectivity index (χ1n) is 7.36. The molecule has 1 aliphatic rings. The number of hydrazine groups is 1. The van der Waals surface area contributed by atoms with E-state index in [0.717, 1.165) is 28.2 Å². The molecule has 1 saturated carbocycles. The van der Waals surface area contributed by atoms with E-state index in [2.05, 4.69) is 19.3 Å². The Labute approximate surface area is 126 Å². The van der Waals surface area contributed by atoms with Crippen LogP contribution in [0.1, 0.15) is 44.7 Å². The fourth-order valence-corrected chi connectivity index (χ4v) is 3.50. The van der Waals surface area contributed by atoms with Crippen molar-refractivity contribution in [3.8, 4) is 5.75 Å². The molecule has 20 heavy (non-hydrogen) atoms. The molecular weight excluding hydrogens is 272 g/mol. The third kappa shape index (κ3) is 3.27. The molecule has 112 valence electrons. The van der Waals surface area contributed by atoms with Crippen LogP contribution in [0.2, 0.25) is 5.02 Å². The normalized spacial score (nSPS) is 28.1. The van der Waals surface area contributed by atoms with Crippen molar-refractivity contribution in [1.29, 1.82) is 0 Å². The molecule has 4 atom stereocenters. The molecule has 3 N–H and O–H groups in total. The van der Waals surface area contributed by atoms with Crippen LogP contribution < -0.4 is 16.0 Å². The summed E-state index contributed by atoms with van der Waals surface area (Å²) in [5.41, 5.74) is 4.05. The number of benzene rings is 1. The van der Waals surface area contributed by atoms with Gasteiger partial charge in [-0.3, -0.25) is 11.3 Å². The zero-order valence-electron chi connectivity index (χ0n) is 12.5. The number of ether oxygens (including phenoxy) is 1. The highest BCUT2D eigenvalue weighted by atomic mass is 35.5. The Morgan fingerprint density at radius 1 is 1.30 bits per heavy atom. The second kappa shape index (κ2) is 6.79. The smallest absolute Gasteiger partial charge is 0.123 e. The minimum Gasteiger partial charge on any atom is -0.496 e. The molecule has 0 bridgehead atoms. The number of hydrogen-bond acceptors (Lipinski definition) is 3. The van der Waals surface area contributed by atoms with Crippen molar-refractivity contribution in [3.63, 3.8) is 0 Å². The van der Waals surface area contributed by atoms with Gasteiger partial charge in [-0.05, 0) is 48.8 Å². The maximum atomic E-state index is 6.14. The monoisotopic (exact) mass is 296 g/mol. The second-order valence-corrected chi connectivity index (χ2v) is 6.49. The van der Waals surface area contributed by atoms with Crippen LogP contribution in [0, 0.1) is 17.8 Å². The van der Waals surface area contributed by atoms with E-state index in [-0.39, 0.29) is 6.04 Å². The number of hydrogen-bond donors (Lipinski definition) is 2. The van der Waals surface area contributed by atoms with Gasteiger partial charge in [-0.15, -0.1) is 0 Å². The molecule has 1 aliphatic carbocycles. The minimum absolute atomic E-state index is 0.0959. The molecule has 1 fully saturated rings. The van der Waals surface area contributed by atoms with Gasteiger partial charge >= 0.3 is 0 Å². The number of nitrogens with two attached hydrogens (primary N) is 1. The summed E-state index contributed by atoms with van der Waals surface area (Å²) in [5, 5.41) is 0.721. The lowest BCUT2D eigenvalue weighted by Crippen LogP contribution is -2.37. The van der Waals surface area contributed by atoms with Crippen molar-refractivity contribution in [2.75, 3.05) is 7.11 Å². The second-order valence-electron chi connectivity index (χ2n) is 6.06. The highest BCUT2D eigenvalue weighted by Crippen LogP contribution is 2.42. The Hall–Kier alpha value is -0.770. The van der Waals surface area contributed by atoms with Gasteiger partial charge < -0.3 is 4.74 Å². The van der Waals surface area contributed by atoms with Crippen LogP contribution in [0.5, 0.6) is 5.75 Å². The maximum absolute atomic E-state index is 6.14. The van der Waals surface area contributed by atoms with Crippen LogP contribution in [-0.4, -0.2) is 7.11 Å². The Morgan fingerprint density at radius 2 is 2.05 bits per heavy atom. The summed E-state index contributed by atoms with van der Waals surface area (Å²) in [7, 11) is 1.69. The lowest BCUT2D eigenvalue weighted by Gasteiger charge is -2.37. The summed E-state index contributed by atoms with van der Waals surface area (Å²) >= 11 is 6.14. The van der Waals surface area contributed by atoms with Crippen LogP contribution in [0.25, 0.3) is 0 Å². The van der Waals surface area contributed by atoms with Crippen molar-refractivity contribution in [2.45, 2.75) is 39.2 Å². The molecule has 2 rings (SSSR count). The first kappa shape index (κ1) is 15.6. The van der Waals surface area contributed by atoms with Gasteiger partial charge in [-0.2, -0.15) is 0 Å². The van der Waals surface area contributed by atoms with Gasteiger partial charge in [0.25, 0.3) is 0 Å². The zero-order chi connectivity index (χ0) is 14.7. The van der Waals surface area contributed by atoms with Crippen molar-refractivity contribution in [3.05, 3.63) is 28.8 Å². The van der Waals surface area contributed by atoms with E-state index in [9.17, 15) is 0 Å². The first-order valence-corrected chi connectivity index (χ1v) is 7.74. The fraction of sp³-hybridized carbons (Fsp3) is 0.625. The average Bonchev–Trinajstić information content (AvgIpc) is 2.44. The molecule has 0 heterocycles. The number of nitrogens with one attached hydrogen (secondary N) is 1. The SMILES string of the molecule is COc1ccc(Cl)cc1C(NN)C1CCC(C)C(C)C1. The maximum Gasteiger partial charge on any atom is 0.123 e. The number of halogens is 1. The average molecular weight is 297 g/mol. The van der Waals surface area contributed by atoms with Gasteiger partial charge in [0.1, 0.15) is 5.75 Å². The van der Waals surface area contributed by atoms with Gasteiger partial charge in [-0.25, -0.2) is 0 Å². The zero-order valence-corrected chi connectivity index (χ0v) is 13.3. The first-order chi connectivity index (χ1) is 9.56. The highest BCUT2D eigenvalue weighted by Gasteiger charge is 2.31. The van der Waals surface area contributed by atoms with Crippen LogP contribution in [0.3, 0.4) is 0 Å². The molecular formula is C16H25ClN2O. The van der Waals surface area contributed by atoms with Gasteiger partial charge in [-0.1, -0.05) is 31.9 Å². The van der Waals surface area contributed by atoms with E-state index in [0.29, 0.717) is 5.92 Å². The van der Waals surface area contributed by atoms with Gasteiger partial charge in [0.05, 0.1) is 13.2 Å². The van der Waals surface area contributed by atoms with E-state index in [4.69, 9.17) is 22.2 Å². The molecule has 0 saturated heterocycles. The lowest BCUT2D eigenvalue weighted by atomic mass is 9.72. The molecule has 0 radical (unpaired) electrons. The summed E-state index contributed by atoms with van der Waals surface area (Å²) in [6.45, 7) is 4.67. The van der Waals surface area contributed by atoms with Crippen molar-refractivity contribution in [2.24, 2.45) is 23.6 Å². The van der Waals surface area contributed by atoms with Gasteiger partial charge in [0.15, 0.2) is 0 Å². The molecule has 3 nitrogen and oxygen atoms in total. The molecule has 1 aromatic rings. The summed E-state index contributed by atoms with van der Waals surface area (Å²) in [4.78, 5) is 0. The Kier molecular flexibility index (Phi) is 5.30. The highest BCUT2D eigenvalue weighted by molar-refractivity contribution is 6.30. The minimum atomic E-state index is 0.0959. The molecule has 0 spiro atoms. The van der Waals surface area contributed by atoms with E-state index in [1.54, 1.807) is 7.11 Å². The van der Waals surface area contributed by atoms with E-state index < -0.39 is 0 Å². The summed E-state index contributed by atoms with van der Waals surface area (Å²) in [6.07, 6.45) is 3.63. The molecule has 4 unspecified atom stereocenters. The molecule has 0 aromatic heterocycles. The Balaban J connectivity index is 2.26. The lowest BCUT2D eigenvalue weighted by molar-refractivity contribution is 0.170. The fourth-order valence-electron chi connectivity index (χ4n) is 3.32. The van der Waals surface area contributed by atoms with E-state index in [1.165, 1.54) is 19.3 Å². The Morgan fingerprint density at radius 3 is 2.65 bits per heavy atom. The third-order valence-electron chi connectivity index (χ3n) is 4.82. The molecule has 0 aliphatic heterocycles. The quantitative estimate of drug-likeness (QED) is 0.654. The van der Waals surface area contributed by atoms with Crippen molar-refractivity contribution in [1.82, 2.24) is 5.43 Å².